The van der Waals surface area contributed by atoms with E-state index in [9.17, 15) is 10.2 Å². The van der Waals surface area contributed by atoms with Crippen LogP contribution in [-0.4, -0.2) is 64.4 Å². The molecule has 0 unspecified atom stereocenters. The summed E-state index contributed by atoms with van der Waals surface area (Å²) in [4.78, 5) is 5.03. The van der Waals surface area contributed by atoms with Crippen LogP contribution in [0.15, 0.2) is 24.3 Å². The van der Waals surface area contributed by atoms with Crippen molar-refractivity contribution in [3.8, 4) is 11.8 Å². The van der Waals surface area contributed by atoms with E-state index in [-0.39, 0.29) is 12.0 Å². The first-order valence-corrected chi connectivity index (χ1v) is 9.97. The van der Waals surface area contributed by atoms with Crippen molar-refractivity contribution in [2.24, 2.45) is 5.41 Å². The number of aliphatic hydroxyl groups is 2. The molecule has 0 aliphatic carbocycles. The monoisotopic (exact) mass is 372 g/mol. The topological polar surface area (TPSA) is 46.9 Å². The van der Waals surface area contributed by atoms with Gasteiger partial charge in [-0.05, 0) is 43.4 Å². The Labute approximate surface area is 165 Å². The lowest BCUT2D eigenvalue weighted by molar-refractivity contribution is 0.0340. The molecule has 4 nitrogen and oxygen atoms in total. The van der Waals surface area contributed by atoms with Crippen molar-refractivity contribution >= 4 is 0 Å². The van der Waals surface area contributed by atoms with Gasteiger partial charge in [0.2, 0.25) is 0 Å². The summed E-state index contributed by atoms with van der Waals surface area (Å²) in [5.74, 6) is 5.87. The summed E-state index contributed by atoms with van der Waals surface area (Å²) in [6.45, 7) is 15.5. The van der Waals surface area contributed by atoms with Crippen molar-refractivity contribution in [1.82, 2.24) is 9.80 Å². The number of hydrogen-bond acceptors (Lipinski definition) is 4. The van der Waals surface area contributed by atoms with Gasteiger partial charge >= 0.3 is 0 Å². The number of nitrogens with zero attached hydrogens (tertiary/aromatic N) is 2. The highest BCUT2D eigenvalue weighted by Gasteiger charge is 2.29. The molecule has 1 aliphatic heterocycles. The molecule has 1 atom stereocenters. The van der Waals surface area contributed by atoms with Crippen molar-refractivity contribution in [2.75, 3.05) is 32.8 Å². The molecular weight excluding hydrogens is 336 g/mol. The third-order valence-electron chi connectivity index (χ3n) is 4.70. The van der Waals surface area contributed by atoms with E-state index >= 15 is 0 Å². The van der Waals surface area contributed by atoms with Crippen LogP contribution in [0.3, 0.4) is 0 Å². The minimum Gasteiger partial charge on any atom is -0.396 e. The van der Waals surface area contributed by atoms with E-state index in [1.165, 1.54) is 5.56 Å². The average molecular weight is 373 g/mol. The molecule has 0 bridgehead atoms. The summed E-state index contributed by atoms with van der Waals surface area (Å²) in [6, 6.07) is 8.71. The van der Waals surface area contributed by atoms with Crippen molar-refractivity contribution in [2.45, 2.75) is 59.2 Å². The SMILES string of the molecule is CC(C)(O)C#Cc1ccc(CN2CCN(CC(C)(C)C)[C@H](CCO)C2)cc1. The first kappa shape index (κ1) is 21.9. The second kappa shape index (κ2) is 9.21. The Morgan fingerprint density at radius 3 is 2.30 bits per heavy atom. The predicted octanol–water partition coefficient (Wildman–Crippen LogP) is 2.72. The molecule has 1 aliphatic rings. The molecule has 27 heavy (non-hydrogen) atoms. The molecular formula is C23H36N2O2. The van der Waals surface area contributed by atoms with E-state index in [0.29, 0.717) is 6.04 Å². The summed E-state index contributed by atoms with van der Waals surface area (Å²) >= 11 is 0. The van der Waals surface area contributed by atoms with Gasteiger partial charge in [-0.15, -0.1) is 0 Å². The Morgan fingerprint density at radius 2 is 1.74 bits per heavy atom. The van der Waals surface area contributed by atoms with Crippen LogP contribution in [0.2, 0.25) is 0 Å². The van der Waals surface area contributed by atoms with E-state index in [2.05, 4.69) is 54.5 Å². The van der Waals surface area contributed by atoms with Crippen LogP contribution in [0.25, 0.3) is 0 Å². The molecule has 0 spiro atoms. The summed E-state index contributed by atoms with van der Waals surface area (Å²) in [7, 11) is 0. The Hall–Kier alpha value is -1.38. The highest BCUT2D eigenvalue weighted by Crippen LogP contribution is 2.22. The highest BCUT2D eigenvalue weighted by molar-refractivity contribution is 5.37. The zero-order valence-corrected chi connectivity index (χ0v) is 17.6. The van der Waals surface area contributed by atoms with Crippen LogP contribution in [0, 0.1) is 17.3 Å². The number of piperazine rings is 1. The van der Waals surface area contributed by atoms with Gasteiger partial charge in [-0.3, -0.25) is 9.80 Å². The van der Waals surface area contributed by atoms with E-state index in [1.54, 1.807) is 13.8 Å². The lowest BCUT2D eigenvalue weighted by Crippen LogP contribution is -2.54. The van der Waals surface area contributed by atoms with Crippen molar-refractivity contribution in [1.29, 1.82) is 0 Å². The molecule has 1 aromatic carbocycles. The van der Waals surface area contributed by atoms with Crippen LogP contribution < -0.4 is 0 Å². The molecule has 150 valence electrons. The summed E-state index contributed by atoms with van der Waals surface area (Å²) in [5, 5.41) is 19.2. The first-order valence-electron chi connectivity index (χ1n) is 9.97. The summed E-state index contributed by atoms with van der Waals surface area (Å²) in [6.07, 6.45) is 0.831. The lowest BCUT2D eigenvalue weighted by Gasteiger charge is -2.44. The number of aliphatic hydroxyl groups excluding tert-OH is 1. The third-order valence-corrected chi connectivity index (χ3v) is 4.70. The van der Waals surface area contributed by atoms with Gasteiger partial charge in [-0.25, -0.2) is 0 Å². The Morgan fingerprint density at radius 1 is 1.07 bits per heavy atom. The van der Waals surface area contributed by atoms with Crippen molar-refractivity contribution in [3.05, 3.63) is 35.4 Å². The van der Waals surface area contributed by atoms with Crippen LogP contribution in [0.4, 0.5) is 0 Å². The van der Waals surface area contributed by atoms with Crippen LogP contribution in [-0.2, 0) is 6.54 Å². The smallest absolute Gasteiger partial charge is 0.120 e. The molecule has 0 saturated carbocycles. The zero-order chi connectivity index (χ0) is 20.1. The molecule has 0 amide bonds. The first-order chi connectivity index (χ1) is 12.6. The zero-order valence-electron chi connectivity index (χ0n) is 17.6. The van der Waals surface area contributed by atoms with Gasteiger partial charge in [0, 0.05) is 50.9 Å². The highest BCUT2D eigenvalue weighted by atomic mass is 16.3. The molecule has 4 heteroatoms. The van der Waals surface area contributed by atoms with Gasteiger partial charge in [0.05, 0.1) is 0 Å². The third kappa shape index (κ3) is 8.02. The fourth-order valence-electron chi connectivity index (χ4n) is 3.52. The molecule has 1 heterocycles. The number of rotatable bonds is 5. The fourth-order valence-corrected chi connectivity index (χ4v) is 3.52. The standard InChI is InChI=1S/C23H36N2O2/c1-22(2,3)18-25-14-13-24(17-21(25)11-15-26)16-20-8-6-19(7-9-20)10-12-23(4,5)27/h6-9,21,26-27H,11,13-18H2,1-5H3/t21-/m1/s1. The van der Waals surface area contributed by atoms with E-state index in [1.807, 2.05) is 12.1 Å². The van der Waals surface area contributed by atoms with E-state index < -0.39 is 5.60 Å². The Kier molecular flexibility index (Phi) is 7.47. The van der Waals surface area contributed by atoms with Crippen LogP contribution >= 0.6 is 0 Å². The summed E-state index contributed by atoms with van der Waals surface area (Å²) in [5.41, 5.74) is 1.51. The predicted molar refractivity (Wildman–Crippen MR) is 111 cm³/mol. The average Bonchev–Trinajstić information content (AvgIpc) is 2.55. The van der Waals surface area contributed by atoms with Crippen molar-refractivity contribution < 1.29 is 10.2 Å². The van der Waals surface area contributed by atoms with Crippen LogP contribution in [0.1, 0.15) is 52.2 Å². The number of benzene rings is 1. The minimum atomic E-state index is -0.965. The maximum Gasteiger partial charge on any atom is 0.120 e. The van der Waals surface area contributed by atoms with Gasteiger partial charge in [0.1, 0.15) is 5.60 Å². The van der Waals surface area contributed by atoms with Crippen LogP contribution in [0.5, 0.6) is 0 Å². The second-order valence-electron chi connectivity index (χ2n) is 9.44. The normalized spacial score (nSPS) is 19.6. The largest absolute Gasteiger partial charge is 0.396 e. The van der Waals surface area contributed by atoms with Gasteiger partial charge < -0.3 is 10.2 Å². The van der Waals surface area contributed by atoms with Gasteiger partial charge in [0.25, 0.3) is 0 Å². The molecule has 0 aromatic heterocycles. The summed E-state index contributed by atoms with van der Waals surface area (Å²) < 4.78 is 0. The number of hydrogen-bond donors (Lipinski definition) is 2. The Bertz CT molecular complexity index is 644. The molecule has 1 aromatic rings. The molecule has 0 radical (unpaired) electrons. The maximum absolute atomic E-state index is 9.71. The molecule has 1 saturated heterocycles. The quantitative estimate of drug-likeness (QED) is 0.780. The molecule has 2 rings (SSSR count). The minimum absolute atomic E-state index is 0.244. The maximum atomic E-state index is 9.71. The fraction of sp³-hybridized carbons (Fsp3) is 0.652. The Balaban J connectivity index is 1.96. The van der Waals surface area contributed by atoms with E-state index in [0.717, 1.165) is 44.7 Å². The van der Waals surface area contributed by atoms with Gasteiger partial charge in [-0.2, -0.15) is 0 Å². The second-order valence-corrected chi connectivity index (χ2v) is 9.44. The molecule has 2 N–H and O–H groups in total. The lowest BCUT2D eigenvalue weighted by atomic mass is 9.94. The van der Waals surface area contributed by atoms with Gasteiger partial charge in [0.15, 0.2) is 0 Å². The molecule has 1 fully saturated rings. The van der Waals surface area contributed by atoms with E-state index in [4.69, 9.17) is 0 Å². The van der Waals surface area contributed by atoms with Gasteiger partial charge in [-0.1, -0.05) is 44.7 Å². The van der Waals surface area contributed by atoms with Crippen molar-refractivity contribution in [3.63, 3.8) is 0 Å².